The Labute approximate surface area is 116 Å². The Bertz CT molecular complexity index is 711. The van der Waals surface area contributed by atoms with Crippen molar-refractivity contribution < 1.29 is 8.42 Å². The minimum absolute atomic E-state index is 0.269. The van der Waals surface area contributed by atoms with Gasteiger partial charge in [-0.2, -0.15) is 0 Å². The predicted molar refractivity (Wildman–Crippen MR) is 77.5 cm³/mol. The molecule has 0 radical (unpaired) electrons. The summed E-state index contributed by atoms with van der Waals surface area (Å²) in [6, 6.07) is 10.2. The highest BCUT2D eigenvalue weighted by molar-refractivity contribution is 7.94. The van der Waals surface area contributed by atoms with E-state index in [1.165, 1.54) is 11.3 Å². The molecule has 1 heterocycles. The van der Waals surface area contributed by atoms with Crippen molar-refractivity contribution in [1.82, 2.24) is 0 Å². The van der Waals surface area contributed by atoms with E-state index in [-0.39, 0.29) is 10.8 Å². The molecule has 0 spiro atoms. The van der Waals surface area contributed by atoms with E-state index < -0.39 is 10.0 Å². The number of thiophene rings is 1. The lowest BCUT2D eigenvalue weighted by molar-refractivity contribution is 0.603. The summed E-state index contributed by atoms with van der Waals surface area (Å²) in [5, 5.41) is 1.72. The van der Waals surface area contributed by atoms with Gasteiger partial charge in [-0.3, -0.25) is 4.72 Å². The van der Waals surface area contributed by atoms with Gasteiger partial charge in [0.25, 0.3) is 10.0 Å². The van der Waals surface area contributed by atoms with E-state index in [9.17, 15) is 8.42 Å². The SMILES string of the molecule is NCC#Cc1cccc(NS(=O)(=O)c2cccs2)c1. The zero-order valence-electron chi connectivity index (χ0n) is 9.96. The third-order valence-corrected chi connectivity index (χ3v) is 4.99. The molecule has 0 bridgehead atoms. The lowest BCUT2D eigenvalue weighted by atomic mass is 10.2. The molecule has 0 aliphatic heterocycles. The van der Waals surface area contributed by atoms with Crippen LogP contribution in [0.4, 0.5) is 5.69 Å². The number of anilines is 1. The largest absolute Gasteiger partial charge is 0.320 e. The molecular weight excluding hydrogens is 280 g/mol. The zero-order valence-corrected chi connectivity index (χ0v) is 11.6. The van der Waals surface area contributed by atoms with Crippen LogP contribution in [-0.2, 0) is 10.0 Å². The monoisotopic (exact) mass is 292 g/mol. The van der Waals surface area contributed by atoms with Gasteiger partial charge in [-0.15, -0.1) is 11.3 Å². The van der Waals surface area contributed by atoms with Gasteiger partial charge in [0.15, 0.2) is 0 Å². The standard InChI is InChI=1S/C13H12N2O2S2/c14-8-2-5-11-4-1-6-12(10-11)15-19(16,17)13-7-3-9-18-13/h1,3-4,6-7,9-10,15H,8,14H2. The maximum atomic E-state index is 12.0. The minimum atomic E-state index is -3.51. The van der Waals surface area contributed by atoms with Gasteiger partial charge in [0.05, 0.1) is 12.2 Å². The summed E-state index contributed by atoms with van der Waals surface area (Å²) in [4.78, 5) is 0. The van der Waals surface area contributed by atoms with Gasteiger partial charge in [-0.1, -0.05) is 24.0 Å². The van der Waals surface area contributed by atoms with Crippen molar-refractivity contribution in [1.29, 1.82) is 0 Å². The Kier molecular flexibility index (Phi) is 4.22. The van der Waals surface area contributed by atoms with E-state index in [1.807, 2.05) is 0 Å². The van der Waals surface area contributed by atoms with Crippen LogP contribution in [0.25, 0.3) is 0 Å². The molecule has 0 fully saturated rings. The van der Waals surface area contributed by atoms with Crippen molar-refractivity contribution in [3.8, 4) is 11.8 Å². The second-order valence-corrected chi connectivity index (χ2v) is 6.48. The fourth-order valence-corrected chi connectivity index (χ4v) is 3.48. The van der Waals surface area contributed by atoms with E-state index in [0.29, 0.717) is 5.69 Å². The van der Waals surface area contributed by atoms with Crippen molar-refractivity contribution in [3.63, 3.8) is 0 Å². The van der Waals surface area contributed by atoms with Crippen LogP contribution in [0.15, 0.2) is 46.0 Å². The smallest absolute Gasteiger partial charge is 0.271 e. The number of benzene rings is 1. The molecule has 98 valence electrons. The van der Waals surface area contributed by atoms with Gasteiger partial charge in [0.1, 0.15) is 4.21 Å². The third-order valence-electron chi connectivity index (χ3n) is 2.21. The molecular formula is C13H12N2O2S2. The fraction of sp³-hybridized carbons (Fsp3) is 0.0769. The second kappa shape index (κ2) is 5.89. The highest BCUT2D eigenvalue weighted by atomic mass is 32.2. The molecule has 6 heteroatoms. The van der Waals surface area contributed by atoms with Gasteiger partial charge in [0, 0.05) is 5.56 Å². The van der Waals surface area contributed by atoms with E-state index in [0.717, 1.165) is 5.56 Å². The molecule has 0 amide bonds. The maximum Gasteiger partial charge on any atom is 0.271 e. The molecule has 0 aliphatic rings. The molecule has 2 rings (SSSR count). The number of rotatable bonds is 3. The van der Waals surface area contributed by atoms with E-state index in [1.54, 1.807) is 41.8 Å². The molecule has 0 unspecified atom stereocenters. The van der Waals surface area contributed by atoms with Crippen LogP contribution in [0.1, 0.15) is 5.56 Å². The molecule has 4 nitrogen and oxygen atoms in total. The van der Waals surface area contributed by atoms with Gasteiger partial charge in [-0.25, -0.2) is 8.42 Å². The van der Waals surface area contributed by atoms with E-state index in [2.05, 4.69) is 16.6 Å². The van der Waals surface area contributed by atoms with Crippen LogP contribution in [-0.4, -0.2) is 15.0 Å². The first-order valence-corrected chi connectivity index (χ1v) is 7.83. The van der Waals surface area contributed by atoms with Crippen molar-refractivity contribution in [2.45, 2.75) is 4.21 Å². The van der Waals surface area contributed by atoms with Crippen LogP contribution in [0.5, 0.6) is 0 Å². The quantitative estimate of drug-likeness (QED) is 0.848. The summed E-state index contributed by atoms with van der Waals surface area (Å²) >= 11 is 1.17. The molecule has 0 aliphatic carbocycles. The number of nitrogens with two attached hydrogens (primary N) is 1. The number of hydrogen-bond donors (Lipinski definition) is 2. The lowest BCUT2D eigenvalue weighted by Gasteiger charge is -2.06. The van der Waals surface area contributed by atoms with Crippen LogP contribution in [0.3, 0.4) is 0 Å². The summed E-state index contributed by atoms with van der Waals surface area (Å²) < 4.78 is 26.9. The fourth-order valence-electron chi connectivity index (χ4n) is 1.44. The average molecular weight is 292 g/mol. The molecule has 19 heavy (non-hydrogen) atoms. The number of hydrogen-bond acceptors (Lipinski definition) is 4. The Hall–Kier alpha value is -1.81. The average Bonchev–Trinajstić information content (AvgIpc) is 2.91. The van der Waals surface area contributed by atoms with Gasteiger partial charge >= 0.3 is 0 Å². The topological polar surface area (TPSA) is 72.2 Å². The minimum Gasteiger partial charge on any atom is -0.320 e. The Morgan fingerprint density at radius 1 is 1.26 bits per heavy atom. The molecule has 0 saturated carbocycles. The first-order chi connectivity index (χ1) is 9.12. The normalized spacial score (nSPS) is 10.6. The maximum absolute atomic E-state index is 12.0. The van der Waals surface area contributed by atoms with Crippen LogP contribution in [0.2, 0.25) is 0 Å². The highest BCUT2D eigenvalue weighted by Crippen LogP contribution is 2.20. The van der Waals surface area contributed by atoms with E-state index >= 15 is 0 Å². The van der Waals surface area contributed by atoms with Gasteiger partial charge < -0.3 is 5.73 Å². The Balaban J connectivity index is 2.25. The second-order valence-electron chi connectivity index (χ2n) is 3.62. The van der Waals surface area contributed by atoms with Gasteiger partial charge in [0.2, 0.25) is 0 Å². The summed E-state index contributed by atoms with van der Waals surface area (Å²) in [5.74, 6) is 5.58. The van der Waals surface area contributed by atoms with Gasteiger partial charge in [-0.05, 0) is 29.6 Å². The number of nitrogens with one attached hydrogen (secondary N) is 1. The van der Waals surface area contributed by atoms with Crippen molar-refractivity contribution in [3.05, 3.63) is 47.3 Å². The summed E-state index contributed by atoms with van der Waals surface area (Å²) in [6.07, 6.45) is 0. The van der Waals surface area contributed by atoms with Crippen LogP contribution >= 0.6 is 11.3 Å². The molecule has 0 atom stereocenters. The Morgan fingerprint density at radius 2 is 2.11 bits per heavy atom. The van der Waals surface area contributed by atoms with Crippen molar-refractivity contribution in [2.24, 2.45) is 5.73 Å². The van der Waals surface area contributed by atoms with Crippen molar-refractivity contribution in [2.75, 3.05) is 11.3 Å². The first kappa shape index (κ1) is 13.6. The van der Waals surface area contributed by atoms with Crippen molar-refractivity contribution >= 4 is 27.0 Å². The summed E-state index contributed by atoms with van der Waals surface area (Å²) in [6.45, 7) is 0.269. The van der Waals surface area contributed by atoms with Crippen LogP contribution < -0.4 is 10.5 Å². The summed E-state index contributed by atoms with van der Waals surface area (Å²) in [7, 11) is -3.51. The molecule has 2 aromatic rings. The van der Waals surface area contributed by atoms with E-state index in [4.69, 9.17) is 5.73 Å². The first-order valence-electron chi connectivity index (χ1n) is 5.47. The highest BCUT2D eigenvalue weighted by Gasteiger charge is 2.14. The lowest BCUT2D eigenvalue weighted by Crippen LogP contribution is -2.11. The zero-order chi connectivity index (χ0) is 13.7. The predicted octanol–water partition coefficient (Wildman–Crippen LogP) is 1.86. The number of sulfonamides is 1. The molecule has 1 aromatic heterocycles. The molecule has 1 aromatic carbocycles. The Morgan fingerprint density at radius 3 is 2.79 bits per heavy atom. The molecule has 0 saturated heterocycles. The molecule has 3 N–H and O–H groups in total. The van der Waals surface area contributed by atoms with Crippen LogP contribution in [0, 0.1) is 11.8 Å². The third kappa shape index (κ3) is 3.58. The summed E-state index contributed by atoms with van der Waals surface area (Å²) in [5.41, 5.74) is 6.50.